The van der Waals surface area contributed by atoms with E-state index in [0.29, 0.717) is 12.3 Å². The molecule has 0 saturated carbocycles. The van der Waals surface area contributed by atoms with Crippen molar-refractivity contribution in [1.29, 1.82) is 0 Å². The quantitative estimate of drug-likeness (QED) is 0.725. The Morgan fingerprint density at radius 3 is 2.71 bits per heavy atom. The van der Waals surface area contributed by atoms with Crippen LogP contribution in [0.1, 0.15) is 46.5 Å². The van der Waals surface area contributed by atoms with E-state index < -0.39 is 0 Å². The Hall–Kier alpha value is -1.84. The molecule has 0 unspecified atom stereocenters. The fourth-order valence-electron chi connectivity index (χ4n) is 2.39. The molecule has 2 rings (SSSR count). The minimum Gasteiger partial charge on any atom is -0.498 e. The largest absolute Gasteiger partial charge is 0.498 e. The zero-order chi connectivity index (χ0) is 15.2. The Balaban J connectivity index is 2.09. The molecule has 1 aliphatic heterocycles. The van der Waals surface area contributed by atoms with Gasteiger partial charge in [0, 0.05) is 12.1 Å². The molecular formula is C17H23NO3. The molecule has 0 radical (unpaired) electrons. The van der Waals surface area contributed by atoms with Gasteiger partial charge in [0.05, 0.1) is 18.5 Å². The maximum atomic E-state index is 11.9. The van der Waals surface area contributed by atoms with Gasteiger partial charge in [-0.25, -0.2) is 9.79 Å². The number of carbonyl (C=O) groups is 1. The van der Waals surface area contributed by atoms with Gasteiger partial charge in [-0.3, -0.25) is 0 Å². The van der Waals surface area contributed by atoms with Gasteiger partial charge in [0.2, 0.25) is 0 Å². The summed E-state index contributed by atoms with van der Waals surface area (Å²) in [5, 5.41) is 0. The van der Waals surface area contributed by atoms with Gasteiger partial charge in [-0.05, 0) is 51.7 Å². The Labute approximate surface area is 126 Å². The van der Waals surface area contributed by atoms with Crippen LogP contribution in [-0.2, 0) is 14.3 Å². The highest BCUT2D eigenvalue weighted by Gasteiger charge is 2.19. The van der Waals surface area contributed by atoms with Crippen molar-refractivity contribution in [3.05, 3.63) is 35.3 Å². The summed E-state index contributed by atoms with van der Waals surface area (Å²) in [7, 11) is 0. The van der Waals surface area contributed by atoms with Crippen LogP contribution in [0.15, 0.2) is 40.2 Å². The average molecular weight is 289 g/mol. The van der Waals surface area contributed by atoms with Gasteiger partial charge in [-0.15, -0.1) is 0 Å². The maximum absolute atomic E-state index is 11.9. The first kappa shape index (κ1) is 15.5. The van der Waals surface area contributed by atoms with E-state index in [-0.39, 0.29) is 12.1 Å². The number of carbonyl (C=O) groups excluding carboxylic acids is 1. The van der Waals surface area contributed by atoms with E-state index in [1.807, 2.05) is 32.9 Å². The molecule has 0 fully saturated rings. The van der Waals surface area contributed by atoms with E-state index >= 15 is 0 Å². The van der Waals surface area contributed by atoms with Gasteiger partial charge < -0.3 is 9.47 Å². The van der Waals surface area contributed by atoms with E-state index in [9.17, 15) is 4.79 Å². The lowest BCUT2D eigenvalue weighted by Crippen LogP contribution is -2.17. The van der Waals surface area contributed by atoms with Gasteiger partial charge in [0.1, 0.15) is 5.70 Å². The van der Waals surface area contributed by atoms with Crippen LogP contribution in [0.25, 0.3) is 0 Å². The minimum absolute atomic E-state index is 0.121. The molecule has 114 valence electrons. The van der Waals surface area contributed by atoms with Crippen molar-refractivity contribution in [3.8, 4) is 0 Å². The number of esters is 1. The number of rotatable bonds is 5. The van der Waals surface area contributed by atoms with Crippen LogP contribution in [0.5, 0.6) is 0 Å². The fraction of sp³-hybridized carbons (Fsp3) is 0.529. The van der Waals surface area contributed by atoms with Crippen molar-refractivity contribution in [2.45, 2.75) is 52.6 Å². The Morgan fingerprint density at radius 2 is 2.10 bits per heavy atom. The predicted octanol–water partition coefficient (Wildman–Crippen LogP) is 3.70. The van der Waals surface area contributed by atoms with Gasteiger partial charge in [-0.2, -0.15) is 0 Å². The van der Waals surface area contributed by atoms with E-state index in [1.165, 1.54) is 5.57 Å². The smallest absolute Gasteiger partial charge is 0.356 e. The van der Waals surface area contributed by atoms with E-state index in [4.69, 9.17) is 9.47 Å². The summed E-state index contributed by atoms with van der Waals surface area (Å²) in [6.07, 6.45) is 9.33. The van der Waals surface area contributed by atoms with Crippen LogP contribution in [-0.4, -0.2) is 24.4 Å². The molecule has 0 N–H and O–H groups in total. The molecule has 0 atom stereocenters. The number of aliphatic imine (C=N–C) groups is 1. The van der Waals surface area contributed by atoms with Crippen LogP contribution >= 0.6 is 0 Å². The maximum Gasteiger partial charge on any atom is 0.356 e. The first-order valence-corrected chi connectivity index (χ1v) is 7.61. The lowest BCUT2D eigenvalue weighted by Gasteiger charge is -2.19. The second-order valence-electron chi connectivity index (χ2n) is 5.40. The molecule has 0 amide bonds. The first-order valence-electron chi connectivity index (χ1n) is 7.61. The summed E-state index contributed by atoms with van der Waals surface area (Å²) < 4.78 is 10.7. The highest BCUT2D eigenvalue weighted by molar-refractivity contribution is 6.05. The van der Waals surface area contributed by atoms with Crippen LogP contribution in [0.4, 0.5) is 0 Å². The number of ether oxygens (including phenoxy) is 2. The van der Waals surface area contributed by atoms with Crippen molar-refractivity contribution >= 4 is 11.7 Å². The van der Waals surface area contributed by atoms with Crippen molar-refractivity contribution in [1.82, 2.24) is 0 Å². The minimum atomic E-state index is -0.329. The number of hydrogen-bond acceptors (Lipinski definition) is 4. The predicted molar refractivity (Wildman–Crippen MR) is 83.0 cm³/mol. The summed E-state index contributed by atoms with van der Waals surface area (Å²) in [5.74, 6) is 0.691. The fourth-order valence-corrected chi connectivity index (χ4v) is 2.39. The van der Waals surface area contributed by atoms with Crippen molar-refractivity contribution in [2.75, 3.05) is 6.61 Å². The lowest BCUT2D eigenvalue weighted by molar-refractivity contribution is -0.142. The zero-order valence-electron chi connectivity index (χ0n) is 13.0. The van der Waals surface area contributed by atoms with E-state index in [2.05, 4.69) is 11.1 Å². The molecular weight excluding hydrogens is 266 g/mol. The molecule has 0 aromatic heterocycles. The van der Waals surface area contributed by atoms with Crippen LogP contribution in [0.3, 0.4) is 0 Å². The lowest BCUT2D eigenvalue weighted by atomic mass is 9.95. The number of allylic oxidation sites excluding steroid dienone is 5. The third-order valence-electron chi connectivity index (χ3n) is 3.34. The molecule has 2 aliphatic rings. The Morgan fingerprint density at radius 1 is 1.29 bits per heavy atom. The zero-order valence-corrected chi connectivity index (χ0v) is 13.0. The monoisotopic (exact) mass is 289 g/mol. The van der Waals surface area contributed by atoms with Gasteiger partial charge >= 0.3 is 5.97 Å². The SMILES string of the molecule is CCOC1=CC=C(C2=NC(C(=O)OC(C)C)=CCC2)CC1. The molecule has 21 heavy (non-hydrogen) atoms. The third kappa shape index (κ3) is 4.31. The van der Waals surface area contributed by atoms with Gasteiger partial charge in [-0.1, -0.05) is 12.2 Å². The third-order valence-corrected chi connectivity index (χ3v) is 3.34. The molecule has 0 aromatic carbocycles. The molecule has 0 aromatic rings. The second kappa shape index (κ2) is 7.25. The Kier molecular flexibility index (Phi) is 5.37. The standard InChI is InChI=1S/C17H23NO3/c1-4-20-14-10-8-13(9-11-14)15-6-5-7-16(18-15)17(19)21-12(2)3/h7-8,10,12H,4-6,9,11H2,1-3H3. The highest BCUT2D eigenvalue weighted by atomic mass is 16.5. The van der Waals surface area contributed by atoms with E-state index in [1.54, 1.807) is 0 Å². The van der Waals surface area contributed by atoms with Crippen LogP contribution < -0.4 is 0 Å². The molecule has 4 nitrogen and oxygen atoms in total. The van der Waals surface area contributed by atoms with Crippen molar-refractivity contribution in [3.63, 3.8) is 0 Å². The van der Waals surface area contributed by atoms with Crippen molar-refractivity contribution in [2.24, 2.45) is 4.99 Å². The normalized spacial score (nSPS) is 18.5. The van der Waals surface area contributed by atoms with Crippen LogP contribution in [0.2, 0.25) is 0 Å². The van der Waals surface area contributed by atoms with E-state index in [0.717, 1.165) is 37.2 Å². The van der Waals surface area contributed by atoms with Gasteiger partial charge in [0.15, 0.2) is 0 Å². The molecule has 0 spiro atoms. The highest BCUT2D eigenvalue weighted by Crippen LogP contribution is 2.25. The van der Waals surface area contributed by atoms with Crippen LogP contribution in [0, 0.1) is 0 Å². The summed E-state index contributed by atoms with van der Waals surface area (Å²) >= 11 is 0. The summed E-state index contributed by atoms with van der Waals surface area (Å²) in [5.41, 5.74) is 2.63. The number of nitrogens with zero attached hydrogens (tertiary/aromatic N) is 1. The van der Waals surface area contributed by atoms with Gasteiger partial charge in [0.25, 0.3) is 0 Å². The first-order chi connectivity index (χ1) is 10.1. The average Bonchev–Trinajstić information content (AvgIpc) is 2.48. The number of hydrogen-bond donors (Lipinski definition) is 0. The molecule has 1 aliphatic carbocycles. The van der Waals surface area contributed by atoms with Crippen molar-refractivity contribution < 1.29 is 14.3 Å². The molecule has 0 saturated heterocycles. The molecule has 0 bridgehead atoms. The Bertz CT molecular complexity index is 524. The second-order valence-corrected chi connectivity index (χ2v) is 5.40. The molecule has 4 heteroatoms. The molecule has 1 heterocycles. The summed E-state index contributed by atoms with van der Waals surface area (Å²) in [6.45, 7) is 6.37. The topological polar surface area (TPSA) is 47.9 Å². The summed E-state index contributed by atoms with van der Waals surface area (Å²) in [6, 6.07) is 0. The summed E-state index contributed by atoms with van der Waals surface area (Å²) in [4.78, 5) is 16.4.